The third-order valence-electron chi connectivity index (χ3n) is 1.47. The summed E-state index contributed by atoms with van der Waals surface area (Å²) in [6.07, 6.45) is 0.677. The Hall–Kier alpha value is -1.63. The number of hydrogen-bond acceptors (Lipinski definition) is 5. The number of carbonyl (C=O) groups is 1. The summed E-state index contributed by atoms with van der Waals surface area (Å²) in [6.45, 7) is -0.00680. The van der Waals surface area contributed by atoms with Crippen molar-refractivity contribution in [3.05, 3.63) is 0 Å². The van der Waals surface area contributed by atoms with Crippen molar-refractivity contribution in [2.24, 2.45) is 0 Å². The summed E-state index contributed by atoms with van der Waals surface area (Å²) in [5.41, 5.74) is 0. The second-order valence-corrected chi connectivity index (χ2v) is 2.55. The Morgan fingerprint density at radius 1 is 1.71 bits per heavy atom. The highest BCUT2D eigenvalue weighted by atomic mass is 16.5. The van der Waals surface area contributed by atoms with Gasteiger partial charge < -0.3 is 9.84 Å². The summed E-state index contributed by atoms with van der Waals surface area (Å²) < 4.78 is 4.71. The topological polar surface area (TPSA) is 100 Å². The highest BCUT2D eigenvalue weighted by Crippen LogP contribution is 2.04. The number of methoxy groups -OCH3 is 1. The average Bonchev–Trinajstić information content (AvgIpc) is 2.62. The minimum atomic E-state index is -0.224. The van der Waals surface area contributed by atoms with Crippen molar-refractivity contribution in [1.82, 2.24) is 15.2 Å². The van der Waals surface area contributed by atoms with Gasteiger partial charge in [-0.2, -0.15) is 4.98 Å². The Morgan fingerprint density at radius 3 is 3.07 bits per heavy atom. The molecule has 1 aromatic rings. The number of nitrogens with zero attached hydrogens (tertiary/aromatic N) is 2. The van der Waals surface area contributed by atoms with Gasteiger partial charge in [0.05, 0.1) is 7.11 Å². The van der Waals surface area contributed by atoms with E-state index in [9.17, 15) is 4.79 Å². The van der Waals surface area contributed by atoms with Crippen LogP contribution >= 0.6 is 0 Å². The lowest BCUT2D eigenvalue weighted by atomic mass is 10.3. The molecule has 1 heterocycles. The first-order valence-electron chi connectivity index (χ1n) is 4.13. The normalized spacial score (nSPS) is 9.86. The smallest absolute Gasteiger partial charge is 0.336 e. The lowest BCUT2D eigenvalue weighted by Gasteiger charge is -1.98. The third-order valence-corrected chi connectivity index (χ3v) is 1.47. The van der Waals surface area contributed by atoms with Gasteiger partial charge in [0, 0.05) is 13.0 Å². The van der Waals surface area contributed by atoms with Gasteiger partial charge in [-0.15, -0.1) is 5.10 Å². The van der Waals surface area contributed by atoms with E-state index in [-0.39, 0.29) is 30.9 Å². The number of H-pyrrole nitrogens is 1. The van der Waals surface area contributed by atoms with E-state index in [0.717, 1.165) is 0 Å². The number of rotatable bonds is 5. The van der Waals surface area contributed by atoms with Gasteiger partial charge in [-0.1, -0.05) is 0 Å². The maximum absolute atomic E-state index is 11.1. The molecule has 0 spiro atoms. The number of anilines is 1. The second-order valence-electron chi connectivity index (χ2n) is 2.55. The molecule has 1 aromatic heterocycles. The number of aliphatic hydroxyl groups is 1. The van der Waals surface area contributed by atoms with E-state index in [1.54, 1.807) is 0 Å². The van der Waals surface area contributed by atoms with Crippen LogP contribution in [0.3, 0.4) is 0 Å². The maximum Gasteiger partial charge on any atom is 0.336 e. The van der Waals surface area contributed by atoms with Gasteiger partial charge in [-0.3, -0.25) is 10.1 Å². The Bertz CT molecular complexity index is 299. The van der Waals surface area contributed by atoms with E-state index in [4.69, 9.17) is 9.84 Å². The molecule has 0 aliphatic heterocycles. The fraction of sp³-hybridized carbons (Fsp3) is 0.571. The van der Waals surface area contributed by atoms with Crippen LogP contribution in [0, 0.1) is 0 Å². The van der Waals surface area contributed by atoms with Crippen molar-refractivity contribution < 1.29 is 14.6 Å². The van der Waals surface area contributed by atoms with Gasteiger partial charge in [-0.05, 0) is 6.42 Å². The van der Waals surface area contributed by atoms with Crippen molar-refractivity contribution in [3.63, 3.8) is 0 Å². The minimum absolute atomic E-state index is 0.00680. The van der Waals surface area contributed by atoms with Crippen molar-refractivity contribution in [1.29, 1.82) is 0 Å². The van der Waals surface area contributed by atoms with Gasteiger partial charge in [0.15, 0.2) is 0 Å². The van der Waals surface area contributed by atoms with Crippen molar-refractivity contribution >= 4 is 11.9 Å². The van der Waals surface area contributed by atoms with Crippen LogP contribution in [0.2, 0.25) is 0 Å². The molecule has 0 radical (unpaired) electrons. The molecule has 0 aromatic carbocycles. The van der Waals surface area contributed by atoms with Crippen LogP contribution in [-0.4, -0.2) is 39.9 Å². The molecule has 0 saturated carbocycles. The average molecular weight is 200 g/mol. The second kappa shape index (κ2) is 5.18. The molecule has 14 heavy (non-hydrogen) atoms. The molecule has 0 saturated heterocycles. The van der Waals surface area contributed by atoms with Crippen molar-refractivity contribution in [3.8, 4) is 6.01 Å². The van der Waals surface area contributed by atoms with Crippen LogP contribution in [0.1, 0.15) is 12.8 Å². The Balaban J connectivity index is 2.39. The molecular weight excluding hydrogens is 188 g/mol. The predicted molar refractivity (Wildman–Crippen MR) is 47.9 cm³/mol. The fourth-order valence-corrected chi connectivity index (χ4v) is 0.828. The standard InChI is InChI=1S/C7H12N4O3/c1-14-7-9-6(10-11-7)8-5(13)3-2-4-12/h12H,2-4H2,1H3,(H2,8,9,10,11,13). The van der Waals surface area contributed by atoms with E-state index in [2.05, 4.69) is 20.5 Å². The molecule has 0 unspecified atom stereocenters. The molecule has 0 aliphatic carbocycles. The van der Waals surface area contributed by atoms with Gasteiger partial charge in [-0.25, -0.2) is 5.10 Å². The van der Waals surface area contributed by atoms with Crippen LogP contribution in [-0.2, 0) is 4.79 Å². The number of aliphatic hydroxyl groups excluding tert-OH is 1. The first kappa shape index (κ1) is 10.5. The third kappa shape index (κ3) is 3.02. The summed E-state index contributed by atoms with van der Waals surface area (Å²) in [5.74, 6) is 0.0163. The summed E-state index contributed by atoms with van der Waals surface area (Å²) in [4.78, 5) is 14.9. The van der Waals surface area contributed by atoms with E-state index in [0.29, 0.717) is 6.42 Å². The maximum atomic E-state index is 11.1. The Kier molecular flexibility index (Phi) is 3.86. The summed E-state index contributed by atoms with van der Waals surface area (Å²) in [7, 11) is 1.43. The molecule has 7 nitrogen and oxygen atoms in total. The molecule has 3 N–H and O–H groups in total. The molecule has 0 atom stereocenters. The summed E-state index contributed by atoms with van der Waals surface area (Å²) in [5, 5.41) is 17.1. The van der Waals surface area contributed by atoms with Gasteiger partial charge >= 0.3 is 6.01 Å². The van der Waals surface area contributed by atoms with E-state index >= 15 is 0 Å². The van der Waals surface area contributed by atoms with Gasteiger partial charge in [0.25, 0.3) is 0 Å². The summed E-state index contributed by atoms with van der Waals surface area (Å²) >= 11 is 0. The number of nitrogens with one attached hydrogen (secondary N) is 2. The fourth-order valence-electron chi connectivity index (χ4n) is 0.828. The molecule has 0 bridgehead atoms. The zero-order valence-electron chi connectivity index (χ0n) is 7.78. The number of ether oxygens (including phenoxy) is 1. The Labute approximate surface area is 80.5 Å². The number of amides is 1. The molecule has 0 aliphatic rings. The van der Waals surface area contributed by atoms with E-state index in [1.807, 2.05) is 0 Å². The number of aromatic amines is 1. The molecule has 7 heteroatoms. The lowest BCUT2D eigenvalue weighted by molar-refractivity contribution is -0.116. The summed E-state index contributed by atoms with van der Waals surface area (Å²) in [6, 6.07) is 0.169. The zero-order valence-corrected chi connectivity index (χ0v) is 7.78. The monoisotopic (exact) mass is 200 g/mol. The van der Waals surface area contributed by atoms with Crippen LogP contribution in [0.4, 0.5) is 5.95 Å². The Morgan fingerprint density at radius 2 is 2.50 bits per heavy atom. The van der Waals surface area contributed by atoms with Gasteiger partial charge in [0.2, 0.25) is 11.9 Å². The lowest BCUT2D eigenvalue weighted by Crippen LogP contribution is -2.12. The predicted octanol–water partition coefficient (Wildman–Crippen LogP) is -0.476. The zero-order chi connectivity index (χ0) is 10.4. The minimum Gasteiger partial charge on any atom is -0.466 e. The van der Waals surface area contributed by atoms with Crippen LogP contribution in [0.25, 0.3) is 0 Å². The molecular formula is C7H12N4O3. The molecule has 78 valence electrons. The number of carbonyl (C=O) groups excluding carboxylic acids is 1. The van der Waals surface area contributed by atoms with E-state index in [1.165, 1.54) is 7.11 Å². The number of aromatic nitrogens is 3. The molecule has 1 amide bonds. The number of hydrogen-bond donors (Lipinski definition) is 3. The SMILES string of the molecule is COc1n[nH]c(NC(=O)CCCO)n1. The van der Waals surface area contributed by atoms with Crippen molar-refractivity contribution in [2.45, 2.75) is 12.8 Å². The quantitative estimate of drug-likeness (QED) is 0.596. The van der Waals surface area contributed by atoms with Crippen LogP contribution in [0.5, 0.6) is 6.01 Å². The van der Waals surface area contributed by atoms with Gasteiger partial charge in [0.1, 0.15) is 0 Å². The largest absolute Gasteiger partial charge is 0.466 e. The first-order valence-corrected chi connectivity index (χ1v) is 4.13. The van der Waals surface area contributed by atoms with Crippen LogP contribution in [0.15, 0.2) is 0 Å². The highest BCUT2D eigenvalue weighted by Gasteiger charge is 2.06. The molecule has 0 fully saturated rings. The van der Waals surface area contributed by atoms with Crippen molar-refractivity contribution in [2.75, 3.05) is 19.0 Å². The molecule has 1 rings (SSSR count). The van der Waals surface area contributed by atoms with Crippen LogP contribution < -0.4 is 10.1 Å². The van der Waals surface area contributed by atoms with E-state index < -0.39 is 0 Å². The highest BCUT2D eigenvalue weighted by molar-refractivity contribution is 5.88. The first-order chi connectivity index (χ1) is 6.76.